The van der Waals surface area contributed by atoms with Gasteiger partial charge in [-0.25, -0.2) is 4.98 Å². The number of fused-ring (bicyclic) bond motifs is 1. The summed E-state index contributed by atoms with van der Waals surface area (Å²) in [5, 5.41) is 0.888. The molecular formula is C36H34F3N5O5. The summed E-state index contributed by atoms with van der Waals surface area (Å²) >= 11 is 0. The smallest absolute Gasteiger partial charge is 0.387 e. The average molecular weight is 674 g/mol. The SMILES string of the molecule is C[C@H]1CN(C(=O)c2cc3ccc(Oc4ccc(N(C)C(=O)c5ccc(OF)cc5)cn4)cc3n2C)CCN1Cc1ccc(OC(F)F)cc1. The Morgan fingerprint density at radius 2 is 1.65 bits per heavy atom. The summed E-state index contributed by atoms with van der Waals surface area (Å²) in [7, 11) is 3.46. The van der Waals surface area contributed by atoms with Crippen LogP contribution in [0.3, 0.4) is 0 Å². The Balaban J connectivity index is 1.08. The van der Waals surface area contributed by atoms with Crippen LogP contribution in [0.4, 0.5) is 19.0 Å². The van der Waals surface area contributed by atoms with E-state index in [0.717, 1.165) is 16.5 Å². The number of halogens is 3. The summed E-state index contributed by atoms with van der Waals surface area (Å²) in [6, 6.07) is 23.2. The molecule has 5 aromatic rings. The largest absolute Gasteiger partial charge is 0.439 e. The van der Waals surface area contributed by atoms with E-state index in [1.54, 1.807) is 37.4 Å². The summed E-state index contributed by atoms with van der Waals surface area (Å²) in [6.45, 7) is 1.61. The van der Waals surface area contributed by atoms with E-state index in [9.17, 15) is 22.9 Å². The zero-order valence-electron chi connectivity index (χ0n) is 27.1. The third-order valence-electron chi connectivity index (χ3n) is 8.65. The van der Waals surface area contributed by atoms with Gasteiger partial charge < -0.3 is 23.8 Å². The van der Waals surface area contributed by atoms with Crippen LogP contribution in [-0.4, -0.2) is 70.5 Å². The van der Waals surface area contributed by atoms with E-state index < -0.39 is 6.61 Å². The number of anilines is 1. The number of pyridine rings is 1. The second kappa shape index (κ2) is 14.3. The predicted octanol–water partition coefficient (Wildman–Crippen LogP) is 6.85. The highest BCUT2D eigenvalue weighted by Crippen LogP contribution is 2.29. The quantitative estimate of drug-likeness (QED) is 0.160. The second-order valence-corrected chi connectivity index (χ2v) is 11.8. The first-order chi connectivity index (χ1) is 23.6. The third kappa shape index (κ3) is 7.46. The minimum absolute atomic E-state index is 0.00794. The number of aromatic nitrogens is 2. The second-order valence-electron chi connectivity index (χ2n) is 11.8. The van der Waals surface area contributed by atoms with Gasteiger partial charge in [0.25, 0.3) is 11.8 Å². The van der Waals surface area contributed by atoms with Crippen molar-refractivity contribution in [3.8, 4) is 23.1 Å². The third-order valence-corrected chi connectivity index (χ3v) is 8.65. The van der Waals surface area contributed by atoms with Crippen molar-refractivity contribution in [1.29, 1.82) is 0 Å². The Morgan fingerprint density at radius 1 is 0.939 bits per heavy atom. The molecule has 10 nitrogen and oxygen atoms in total. The summed E-state index contributed by atoms with van der Waals surface area (Å²) in [5.74, 6) is 0.617. The van der Waals surface area contributed by atoms with Crippen LogP contribution in [0.25, 0.3) is 10.9 Å². The molecule has 0 radical (unpaired) electrons. The summed E-state index contributed by atoms with van der Waals surface area (Å²) in [5.41, 5.74) is 3.25. The summed E-state index contributed by atoms with van der Waals surface area (Å²) in [4.78, 5) is 40.1. The fourth-order valence-corrected chi connectivity index (χ4v) is 5.88. The number of rotatable bonds is 10. The van der Waals surface area contributed by atoms with Crippen LogP contribution < -0.4 is 19.3 Å². The van der Waals surface area contributed by atoms with Crippen LogP contribution in [0.5, 0.6) is 23.1 Å². The highest BCUT2D eigenvalue weighted by Gasteiger charge is 2.29. The fourth-order valence-electron chi connectivity index (χ4n) is 5.88. The highest BCUT2D eigenvalue weighted by atomic mass is 19.3. The van der Waals surface area contributed by atoms with E-state index >= 15 is 0 Å². The van der Waals surface area contributed by atoms with Crippen molar-refractivity contribution >= 4 is 28.4 Å². The molecule has 49 heavy (non-hydrogen) atoms. The van der Waals surface area contributed by atoms with Crippen molar-refractivity contribution in [3.05, 3.63) is 108 Å². The van der Waals surface area contributed by atoms with Crippen molar-refractivity contribution in [2.24, 2.45) is 7.05 Å². The molecule has 1 aliphatic rings. The van der Waals surface area contributed by atoms with E-state index in [2.05, 4.69) is 26.5 Å². The molecule has 2 aromatic heterocycles. The van der Waals surface area contributed by atoms with E-state index in [-0.39, 0.29) is 29.4 Å². The van der Waals surface area contributed by atoms with E-state index in [4.69, 9.17) is 4.74 Å². The van der Waals surface area contributed by atoms with Gasteiger partial charge in [0.15, 0.2) is 5.75 Å². The number of alkyl halides is 2. The molecule has 0 saturated carbocycles. The van der Waals surface area contributed by atoms with Crippen LogP contribution in [0, 0.1) is 0 Å². The topological polar surface area (TPSA) is 89.4 Å². The zero-order chi connectivity index (χ0) is 34.7. The van der Waals surface area contributed by atoms with Crippen LogP contribution in [-0.2, 0) is 13.6 Å². The van der Waals surface area contributed by atoms with Crippen LogP contribution in [0.1, 0.15) is 33.3 Å². The van der Waals surface area contributed by atoms with Gasteiger partial charge >= 0.3 is 6.61 Å². The van der Waals surface area contributed by atoms with Gasteiger partial charge in [0, 0.05) is 73.9 Å². The average Bonchev–Trinajstić information content (AvgIpc) is 3.44. The predicted molar refractivity (Wildman–Crippen MR) is 177 cm³/mol. The number of piperazine rings is 1. The lowest BCUT2D eigenvalue weighted by molar-refractivity contribution is -0.0498. The maximum Gasteiger partial charge on any atom is 0.387 e. The Morgan fingerprint density at radius 3 is 2.31 bits per heavy atom. The van der Waals surface area contributed by atoms with Gasteiger partial charge in [-0.1, -0.05) is 12.1 Å². The van der Waals surface area contributed by atoms with Crippen molar-refractivity contribution in [1.82, 2.24) is 19.4 Å². The monoisotopic (exact) mass is 673 g/mol. The van der Waals surface area contributed by atoms with Gasteiger partial charge in [0.2, 0.25) is 5.88 Å². The Bertz CT molecular complexity index is 1930. The molecule has 0 bridgehead atoms. The lowest BCUT2D eigenvalue weighted by atomic mass is 10.1. The van der Waals surface area contributed by atoms with Crippen molar-refractivity contribution in [2.75, 3.05) is 31.6 Å². The standard InChI is InChI=1S/C36H34F3N5O5/c1-23-21-44(17-16-43(23)22-24-4-10-28(11-5-24)48-36(37)38)35(46)32-18-26-8-14-30(19-31(26)42(32)3)47-33-15-9-27(20-40-33)41(2)34(45)25-6-12-29(49-39)13-7-25/h4-15,18-20,23,36H,16-17,21-22H2,1-3H3/t23-/m0/s1. The number of hydrogen-bond donors (Lipinski definition) is 0. The lowest BCUT2D eigenvalue weighted by Crippen LogP contribution is -2.53. The van der Waals surface area contributed by atoms with Crippen molar-refractivity contribution in [3.63, 3.8) is 0 Å². The summed E-state index contributed by atoms with van der Waals surface area (Å²) < 4.78 is 49.6. The number of ether oxygens (including phenoxy) is 2. The van der Waals surface area contributed by atoms with E-state index in [1.807, 2.05) is 34.7 Å². The van der Waals surface area contributed by atoms with Crippen molar-refractivity contribution < 1.29 is 37.3 Å². The maximum atomic E-state index is 13.7. The Labute approximate surface area is 280 Å². The van der Waals surface area contributed by atoms with E-state index in [0.29, 0.717) is 54.8 Å². The molecule has 1 fully saturated rings. The van der Waals surface area contributed by atoms with Gasteiger partial charge in [-0.2, -0.15) is 8.78 Å². The summed E-state index contributed by atoms with van der Waals surface area (Å²) in [6.07, 6.45) is 1.52. The van der Waals surface area contributed by atoms with E-state index in [1.165, 1.54) is 47.5 Å². The minimum Gasteiger partial charge on any atom is -0.439 e. The molecule has 6 rings (SSSR count). The number of carbonyl (C=O) groups is 2. The van der Waals surface area contributed by atoms with Crippen molar-refractivity contribution in [2.45, 2.75) is 26.1 Å². The van der Waals surface area contributed by atoms with Crippen LogP contribution in [0.15, 0.2) is 91.1 Å². The molecule has 2 amide bonds. The van der Waals surface area contributed by atoms with Gasteiger partial charge in [-0.3, -0.25) is 19.4 Å². The number of amides is 2. The number of aryl methyl sites for hydroxylation is 1. The number of carbonyl (C=O) groups excluding carboxylic acids is 2. The number of hydrogen-bond acceptors (Lipinski definition) is 7. The zero-order valence-corrected chi connectivity index (χ0v) is 27.1. The molecule has 3 heterocycles. The van der Waals surface area contributed by atoms with Gasteiger partial charge in [-0.05, 0) is 73.2 Å². The molecular weight excluding hydrogens is 639 g/mol. The van der Waals surface area contributed by atoms with Crippen LogP contribution in [0.2, 0.25) is 0 Å². The van der Waals surface area contributed by atoms with Crippen LogP contribution >= 0.6 is 0 Å². The molecule has 1 atom stereocenters. The van der Waals surface area contributed by atoms with Gasteiger partial charge in [0.1, 0.15) is 17.2 Å². The first-order valence-electron chi connectivity index (χ1n) is 15.6. The number of nitrogens with zero attached hydrogens (tertiary/aromatic N) is 5. The molecule has 0 N–H and O–H groups in total. The Hall–Kier alpha value is -5.56. The highest BCUT2D eigenvalue weighted by molar-refractivity contribution is 6.05. The van der Waals surface area contributed by atoms with Gasteiger partial charge in [0.05, 0.1) is 17.4 Å². The molecule has 0 aliphatic carbocycles. The minimum atomic E-state index is -2.86. The fraction of sp³-hybridized carbons (Fsp3) is 0.250. The molecule has 3 aromatic carbocycles. The molecule has 1 aliphatic heterocycles. The number of benzene rings is 3. The molecule has 254 valence electrons. The maximum absolute atomic E-state index is 13.7. The Kier molecular flexibility index (Phi) is 9.72. The molecule has 1 saturated heterocycles. The first kappa shape index (κ1) is 33.3. The normalized spacial score (nSPS) is 15.0. The molecule has 13 heteroatoms. The molecule has 0 spiro atoms. The first-order valence-corrected chi connectivity index (χ1v) is 15.6. The lowest BCUT2D eigenvalue weighted by Gasteiger charge is -2.40. The van der Waals surface area contributed by atoms with Gasteiger partial charge in [-0.15, -0.1) is 0 Å². The molecule has 0 unspecified atom stereocenters.